The van der Waals surface area contributed by atoms with Crippen molar-refractivity contribution in [2.24, 2.45) is 0 Å². The summed E-state index contributed by atoms with van der Waals surface area (Å²) in [6, 6.07) is 0. The molecule has 43 valence electrons. The Labute approximate surface area is 46.8 Å². The highest BCUT2D eigenvalue weighted by molar-refractivity contribution is 6.69. The van der Waals surface area contributed by atoms with Gasteiger partial charge < -0.3 is 4.43 Å². The van der Waals surface area contributed by atoms with Crippen LogP contribution in [-0.2, 0) is 4.43 Å². The fourth-order valence-electron chi connectivity index (χ4n) is 0.306. The van der Waals surface area contributed by atoms with Gasteiger partial charge in [-0.2, -0.15) is 0 Å². The molecule has 1 nitrogen and oxygen atoms in total. The molecule has 0 heterocycles. The van der Waals surface area contributed by atoms with Crippen LogP contribution in [0.1, 0.15) is 0 Å². The highest BCUT2D eigenvalue weighted by Gasteiger charge is 2.11. The van der Waals surface area contributed by atoms with Crippen molar-refractivity contribution < 1.29 is 4.43 Å². The lowest BCUT2D eigenvalue weighted by atomic mass is 10.9. The Morgan fingerprint density at radius 2 is 1.86 bits per heavy atom. The predicted molar refractivity (Wildman–Crippen MR) is 34.7 cm³/mol. The zero-order chi connectivity index (χ0) is 5.91. The number of hydrogen-bond donors (Lipinski definition) is 0. The van der Waals surface area contributed by atoms with Crippen LogP contribution in [-0.4, -0.2) is 14.9 Å². The Bertz CT molecular complexity index is 46.5. The Balaban J connectivity index is 3.15. The normalized spacial score (nSPS) is 12.0. The summed E-state index contributed by atoms with van der Waals surface area (Å²) < 4.78 is 5.26. The molecule has 0 spiro atoms. The zero-order valence-corrected chi connectivity index (χ0v) is 6.32. The standard InChI is InChI=1S/C5H13OSi/c1-5-6-7(2,3)4/h1,5H2,2-4H3. The van der Waals surface area contributed by atoms with E-state index in [-0.39, 0.29) is 0 Å². The molecule has 0 aromatic heterocycles. The molecule has 1 radical (unpaired) electrons. The van der Waals surface area contributed by atoms with E-state index in [0.29, 0.717) is 6.61 Å². The second-order valence-corrected chi connectivity index (χ2v) is 6.97. The van der Waals surface area contributed by atoms with Crippen LogP contribution in [0, 0.1) is 6.92 Å². The minimum absolute atomic E-state index is 0.621. The smallest absolute Gasteiger partial charge is 0.183 e. The molecule has 0 aromatic carbocycles. The maximum absolute atomic E-state index is 5.26. The summed E-state index contributed by atoms with van der Waals surface area (Å²) in [6.07, 6.45) is 0. The topological polar surface area (TPSA) is 9.23 Å². The zero-order valence-electron chi connectivity index (χ0n) is 5.32. The first kappa shape index (κ1) is 7.18. The van der Waals surface area contributed by atoms with Gasteiger partial charge in [-0.25, -0.2) is 0 Å². The van der Waals surface area contributed by atoms with Gasteiger partial charge in [0.15, 0.2) is 8.32 Å². The van der Waals surface area contributed by atoms with Crippen LogP contribution >= 0.6 is 0 Å². The molecule has 7 heavy (non-hydrogen) atoms. The van der Waals surface area contributed by atoms with Gasteiger partial charge in [0.1, 0.15) is 0 Å². The number of rotatable bonds is 2. The maximum Gasteiger partial charge on any atom is 0.183 e. The van der Waals surface area contributed by atoms with Crippen LogP contribution in [0.25, 0.3) is 0 Å². The van der Waals surface area contributed by atoms with Crippen molar-refractivity contribution in [3.8, 4) is 0 Å². The summed E-state index contributed by atoms with van der Waals surface area (Å²) >= 11 is 0. The van der Waals surface area contributed by atoms with Gasteiger partial charge in [0.05, 0.1) is 0 Å². The molecule has 0 fully saturated rings. The van der Waals surface area contributed by atoms with Gasteiger partial charge in [0.25, 0.3) is 0 Å². The average Bonchev–Trinajstić information content (AvgIpc) is 1.30. The molecule has 0 bridgehead atoms. The van der Waals surface area contributed by atoms with Gasteiger partial charge in [0, 0.05) is 6.61 Å². The fraction of sp³-hybridized carbons (Fsp3) is 0.800. The molecule has 2 heteroatoms. The van der Waals surface area contributed by atoms with Crippen LogP contribution < -0.4 is 0 Å². The maximum atomic E-state index is 5.26. The van der Waals surface area contributed by atoms with Gasteiger partial charge >= 0.3 is 0 Å². The second-order valence-electron chi connectivity index (χ2n) is 2.46. The summed E-state index contributed by atoms with van der Waals surface area (Å²) in [7, 11) is -1.22. The van der Waals surface area contributed by atoms with Crippen molar-refractivity contribution in [1.82, 2.24) is 0 Å². The summed E-state index contributed by atoms with van der Waals surface area (Å²) in [5.74, 6) is 0. The molecule has 0 aliphatic rings. The molecule has 0 amide bonds. The SMILES string of the molecule is [CH2]CO[Si](C)(C)C. The van der Waals surface area contributed by atoms with E-state index in [9.17, 15) is 0 Å². The van der Waals surface area contributed by atoms with E-state index in [1.807, 2.05) is 0 Å². The third kappa shape index (κ3) is 6.18. The Morgan fingerprint density at radius 1 is 1.43 bits per heavy atom. The lowest BCUT2D eigenvalue weighted by molar-refractivity contribution is 0.355. The summed E-state index contributed by atoms with van der Waals surface area (Å²) in [5, 5.41) is 0. The molecule has 0 unspecified atom stereocenters. The summed E-state index contributed by atoms with van der Waals surface area (Å²) in [4.78, 5) is 0. The van der Waals surface area contributed by atoms with Crippen molar-refractivity contribution >= 4 is 8.32 Å². The predicted octanol–water partition coefficient (Wildman–Crippen LogP) is 1.67. The Hall–Kier alpha value is 0.177. The van der Waals surface area contributed by atoms with Gasteiger partial charge in [-0.3, -0.25) is 0 Å². The van der Waals surface area contributed by atoms with Gasteiger partial charge in [-0.15, -0.1) is 0 Å². The fourth-order valence-corrected chi connectivity index (χ4v) is 0.919. The minimum atomic E-state index is -1.22. The van der Waals surface area contributed by atoms with E-state index in [4.69, 9.17) is 4.43 Å². The monoisotopic (exact) mass is 117 g/mol. The van der Waals surface area contributed by atoms with E-state index in [0.717, 1.165) is 0 Å². The van der Waals surface area contributed by atoms with Crippen molar-refractivity contribution in [2.75, 3.05) is 6.61 Å². The summed E-state index contributed by atoms with van der Waals surface area (Å²) in [6.45, 7) is 10.7. The summed E-state index contributed by atoms with van der Waals surface area (Å²) in [5.41, 5.74) is 0. The van der Waals surface area contributed by atoms with Gasteiger partial charge in [0.2, 0.25) is 0 Å². The van der Waals surface area contributed by atoms with Crippen LogP contribution in [0.3, 0.4) is 0 Å². The molecule has 0 aliphatic heterocycles. The van der Waals surface area contributed by atoms with Gasteiger partial charge in [-0.1, -0.05) is 0 Å². The quantitative estimate of drug-likeness (QED) is 0.500. The lowest BCUT2D eigenvalue weighted by Crippen LogP contribution is -2.24. The molecule has 0 N–H and O–H groups in total. The average molecular weight is 117 g/mol. The highest BCUT2D eigenvalue weighted by Crippen LogP contribution is 1.99. The first-order valence-electron chi connectivity index (χ1n) is 2.49. The largest absolute Gasteiger partial charge is 0.418 e. The minimum Gasteiger partial charge on any atom is -0.418 e. The molecule has 0 rings (SSSR count). The molecule has 0 aromatic rings. The van der Waals surface area contributed by atoms with Crippen molar-refractivity contribution in [1.29, 1.82) is 0 Å². The molecular weight excluding hydrogens is 104 g/mol. The number of hydrogen-bond acceptors (Lipinski definition) is 1. The van der Waals surface area contributed by atoms with Crippen LogP contribution in [0.4, 0.5) is 0 Å². The van der Waals surface area contributed by atoms with E-state index in [1.165, 1.54) is 0 Å². The van der Waals surface area contributed by atoms with E-state index in [1.54, 1.807) is 0 Å². The highest BCUT2D eigenvalue weighted by atomic mass is 28.4. The van der Waals surface area contributed by atoms with Crippen molar-refractivity contribution in [2.45, 2.75) is 19.6 Å². The van der Waals surface area contributed by atoms with Gasteiger partial charge in [-0.05, 0) is 26.6 Å². The third-order valence-corrected chi connectivity index (χ3v) is 1.61. The first-order chi connectivity index (χ1) is 3.06. The van der Waals surface area contributed by atoms with Crippen LogP contribution in [0.2, 0.25) is 19.6 Å². The molecule has 0 saturated carbocycles. The van der Waals surface area contributed by atoms with Crippen molar-refractivity contribution in [3.63, 3.8) is 0 Å². The first-order valence-corrected chi connectivity index (χ1v) is 5.90. The van der Waals surface area contributed by atoms with E-state index < -0.39 is 8.32 Å². The molecule has 0 saturated heterocycles. The molecule has 0 atom stereocenters. The molecular formula is C5H13OSi. The second kappa shape index (κ2) is 2.48. The van der Waals surface area contributed by atoms with E-state index in [2.05, 4.69) is 26.6 Å². The third-order valence-electron chi connectivity index (χ3n) is 0.535. The Morgan fingerprint density at radius 3 is 1.86 bits per heavy atom. The van der Waals surface area contributed by atoms with Crippen LogP contribution in [0.15, 0.2) is 0 Å². The Kier molecular flexibility index (Phi) is 2.54. The van der Waals surface area contributed by atoms with E-state index >= 15 is 0 Å². The van der Waals surface area contributed by atoms with Crippen molar-refractivity contribution in [3.05, 3.63) is 6.92 Å². The van der Waals surface area contributed by atoms with Crippen LogP contribution in [0.5, 0.6) is 0 Å². The lowest BCUT2D eigenvalue weighted by Gasteiger charge is -2.14. The molecule has 0 aliphatic carbocycles.